The Morgan fingerprint density at radius 1 is 0.919 bits per heavy atom. The number of benzene rings is 3. The van der Waals surface area contributed by atoms with Gasteiger partial charge in [-0.1, -0.05) is 55.5 Å². The zero-order valence-corrected chi connectivity index (χ0v) is 22.1. The molecule has 1 aromatic heterocycles. The molecule has 194 valence electrons. The zero-order chi connectivity index (χ0) is 26.3. The molecule has 37 heavy (non-hydrogen) atoms. The van der Waals surface area contributed by atoms with E-state index < -0.39 is 10.0 Å². The van der Waals surface area contributed by atoms with Crippen LogP contribution in [-0.2, 0) is 27.8 Å². The van der Waals surface area contributed by atoms with E-state index in [2.05, 4.69) is 11.1 Å². The Bertz CT molecular complexity index is 1420. The number of aromatic nitrogens is 1. The number of hydrogen-bond donors (Lipinski definition) is 1. The number of ether oxygens (including phenoxy) is 1. The Hall–Kier alpha value is -3.62. The quantitative estimate of drug-likeness (QED) is 0.290. The number of nitrogens with one attached hydrogen (secondary N) is 1. The van der Waals surface area contributed by atoms with Crippen LogP contribution < -0.4 is 4.74 Å². The molecule has 0 saturated heterocycles. The first-order valence-electron chi connectivity index (χ1n) is 12.4. The van der Waals surface area contributed by atoms with E-state index in [0.29, 0.717) is 31.7 Å². The maximum Gasteiger partial charge on any atom is 0.243 e. The molecule has 1 N–H and O–H groups in total. The van der Waals surface area contributed by atoms with Gasteiger partial charge < -0.3 is 14.6 Å². The number of carbonyl (C=O) groups is 1. The molecule has 0 aliphatic heterocycles. The van der Waals surface area contributed by atoms with E-state index in [1.807, 2.05) is 61.7 Å². The SMILES string of the molecule is CCCN(CC(=O)N(CCc1c[nH]c2ccccc12)Cc1ccccc1)S(=O)(=O)c1ccc(OC)cc1. The van der Waals surface area contributed by atoms with Gasteiger partial charge in [-0.25, -0.2) is 8.42 Å². The summed E-state index contributed by atoms with van der Waals surface area (Å²) in [5.41, 5.74) is 3.17. The number of H-pyrrole nitrogens is 1. The van der Waals surface area contributed by atoms with Crippen molar-refractivity contribution in [3.8, 4) is 5.75 Å². The normalized spacial score (nSPS) is 11.6. The molecule has 4 rings (SSSR count). The molecule has 0 fully saturated rings. The van der Waals surface area contributed by atoms with E-state index in [4.69, 9.17) is 4.74 Å². The van der Waals surface area contributed by atoms with Crippen LogP contribution in [0.2, 0.25) is 0 Å². The summed E-state index contributed by atoms with van der Waals surface area (Å²) >= 11 is 0. The van der Waals surface area contributed by atoms with Gasteiger partial charge >= 0.3 is 0 Å². The molecule has 1 heterocycles. The highest BCUT2D eigenvalue weighted by molar-refractivity contribution is 7.89. The molecule has 0 aliphatic carbocycles. The number of nitrogens with zero attached hydrogens (tertiary/aromatic N) is 2. The fourth-order valence-electron chi connectivity index (χ4n) is 4.37. The van der Waals surface area contributed by atoms with Gasteiger partial charge in [-0.15, -0.1) is 0 Å². The van der Waals surface area contributed by atoms with Gasteiger partial charge in [-0.3, -0.25) is 4.79 Å². The molecule has 7 nitrogen and oxygen atoms in total. The van der Waals surface area contributed by atoms with Crippen molar-refractivity contribution < 1.29 is 17.9 Å². The molecule has 0 aliphatic rings. The van der Waals surface area contributed by atoms with E-state index in [1.165, 1.54) is 23.5 Å². The molecule has 0 atom stereocenters. The minimum absolute atomic E-state index is 0.142. The Morgan fingerprint density at radius 3 is 2.32 bits per heavy atom. The third-order valence-electron chi connectivity index (χ3n) is 6.38. The van der Waals surface area contributed by atoms with Crippen molar-refractivity contribution in [2.75, 3.05) is 26.7 Å². The van der Waals surface area contributed by atoms with Crippen LogP contribution in [0.3, 0.4) is 0 Å². The lowest BCUT2D eigenvalue weighted by Gasteiger charge is -2.27. The summed E-state index contributed by atoms with van der Waals surface area (Å²) in [6.45, 7) is 2.81. The van der Waals surface area contributed by atoms with Crippen molar-refractivity contribution in [2.45, 2.75) is 31.2 Å². The lowest BCUT2D eigenvalue weighted by molar-refractivity contribution is -0.132. The highest BCUT2D eigenvalue weighted by Gasteiger charge is 2.28. The van der Waals surface area contributed by atoms with E-state index in [0.717, 1.165) is 22.0 Å². The number of fused-ring (bicyclic) bond motifs is 1. The molecule has 8 heteroatoms. The van der Waals surface area contributed by atoms with Crippen LogP contribution in [0.25, 0.3) is 10.9 Å². The lowest BCUT2D eigenvalue weighted by atomic mass is 10.1. The van der Waals surface area contributed by atoms with Crippen LogP contribution in [0.4, 0.5) is 0 Å². The number of rotatable bonds is 12. The first-order valence-corrected chi connectivity index (χ1v) is 13.9. The van der Waals surface area contributed by atoms with Crippen molar-refractivity contribution >= 4 is 26.8 Å². The Kier molecular flexibility index (Phi) is 8.63. The summed E-state index contributed by atoms with van der Waals surface area (Å²) in [5.74, 6) is 0.345. The van der Waals surface area contributed by atoms with Gasteiger partial charge in [0.2, 0.25) is 15.9 Å². The highest BCUT2D eigenvalue weighted by atomic mass is 32.2. The number of aromatic amines is 1. The monoisotopic (exact) mass is 519 g/mol. The number of methoxy groups -OCH3 is 1. The summed E-state index contributed by atoms with van der Waals surface area (Å²) in [4.78, 5) is 18.8. The van der Waals surface area contributed by atoms with Crippen LogP contribution in [0.5, 0.6) is 5.75 Å². The van der Waals surface area contributed by atoms with Crippen molar-refractivity contribution in [2.24, 2.45) is 0 Å². The van der Waals surface area contributed by atoms with Gasteiger partial charge in [0, 0.05) is 36.7 Å². The van der Waals surface area contributed by atoms with Crippen LogP contribution in [0.15, 0.2) is 90.0 Å². The molecular weight excluding hydrogens is 486 g/mol. The summed E-state index contributed by atoms with van der Waals surface area (Å²) in [6.07, 6.45) is 3.23. The third kappa shape index (κ3) is 6.39. The minimum Gasteiger partial charge on any atom is -0.497 e. The molecule has 4 aromatic rings. The lowest BCUT2D eigenvalue weighted by Crippen LogP contribution is -2.43. The number of amides is 1. The second kappa shape index (κ2) is 12.1. The fraction of sp³-hybridized carbons (Fsp3) is 0.276. The fourth-order valence-corrected chi connectivity index (χ4v) is 5.85. The molecular formula is C29H33N3O4S. The average Bonchev–Trinajstić information content (AvgIpc) is 3.34. The highest BCUT2D eigenvalue weighted by Crippen LogP contribution is 2.21. The van der Waals surface area contributed by atoms with E-state index >= 15 is 0 Å². The number of carbonyl (C=O) groups excluding carboxylic acids is 1. The smallest absolute Gasteiger partial charge is 0.243 e. The number of para-hydroxylation sites is 1. The van der Waals surface area contributed by atoms with Gasteiger partial charge in [0.05, 0.1) is 18.6 Å². The van der Waals surface area contributed by atoms with Crippen molar-refractivity contribution in [3.05, 3.63) is 96.2 Å². The second-order valence-electron chi connectivity index (χ2n) is 8.92. The second-order valence-corrected chi connectivity index (χ2v) is 10.9. The van der Waals surface area contributed by atoms with Gasteiger partial charge in [-0.05, 0) is 54.3 Å². The summed E-state index contributed by atoms with van der Waals surface area (Å²) in [5, 5.41) is 1.13. The largest absolute Gasteiger partial charge is 0.497 e. The van der Waals surface area contributed by atoms with Crippen LogP contribution in [0, 0.1) is 0 Å². The predicted octanol–water partition coefficient (Wildman–Crippen LogP) is 4.85. The Balaban J connectivity index is 1.55. The standard InChI is InChI=1S/C29H33N3O4S/c1-3-18-32(37(34,35)26-15-13-25(36-2)14-16-26)22-29(33)31(21-23-9-5-4-6-10-23)19-17-24-20-30-28-12-8-7-11-27(24)28/h4-16,20,30H,3,17-19,21-22H2,1-2H3. The molecule has 0 saturated carbocycles. The topological polar surface area (TPSA) is 82.7 Å². The molecule has 0 spiro atoms. The van der Waals surface area contributed by atoms with Crippen molar-refractivity contribution in [1.29, 1.82) is 0 Å². The summed E-state index contributed by atoms with van der Waals surface area (Å²) < 4.78 is 33.3. The van der Waals surface area contributed by atoms with E-state index in [9.17, 15) is 13.2 Å². The zero-order valence-electron chi connectivity index (χ0n) is 21.3. The molecule has 3 aromatic carbocycles. The molecule has 0 unspecified atom stereocenters. The van der Waals surface area contributed by atoms with Gasteiger partial charge in [0.15, 0.2) is 0 Å². The van der Waals surface area contributed by atoms with E-state index in [-0.39, 0.29) is 23.9 Å². The summed E-state index contributed by atoms with van der Waals surface area (Å²) in [6, 6.07) is 24.1. The molecule has 0 bridgehead atoms. The van der Waals surface area contributed by atoms with Crippen LogP contribution in [0.1, 0.15) is 24.5 Å². The first-order chi connectivity index (χ1) is 17.9. The molecule has 1 amide bonds. The van der Waals surface area contributed by atoms with Crippen LogP contribution in [-0.4, -0.2) is 55.3 Å². The first kappa shape index (κ1) is 26.4. The van der Waals surface area contributed by atoms with Crippen molar-refractivity contribution in [3.63, 3.8) is 0 Å². The van der Waals surface area contributed by atoms with Gasteiger partial charge in [0.25, 0.3) is 0 Å². The number of sulfonamides is 1. The average molecular weight is 520 g/mol. The Morgan fingerprint density at radius 2 is 1.62 bits per heavy atom. The Labute approximate surface area is 218 Å². The van der Waals surface area contributed by atoms with E-state index in [1.54, 1.807) is 17.0 Å². The molecule has 0 radical (unpaired) electrons. The minimum atomic E-state index is -3.85. The van der Waals surface area contributed by atoms with Crippen molar-refractivity contribution in [1.82, 2.24) is 14.2 Å². The summed E-state index contributed by atoms with van der Waals surface area (Å²) in [7, 11) is -2.32. The van der Waals surface area contributed by atoms with Gasteiger partial charge in [0.1, 0.15) is 5.75 Å². The maximum absolute atomic E-state index is 13.6. The van der Waals surface area contributed by atoms with Crippen LogP contribution >= 0.6 is 0 Å². The predicted molar refractivity (Wildman–Crippen MR) is 146 cm³/mol. The van der Waals surface area contributed by atoms with Gasteiger partial charge in [-0.2, -0.15) is 4.31 Å². The number of hydrogen-bond acceptors (Lipinski definition) is 4. The third-order valence-corrected chi connectivity index (χ3v) is 8.24. The maximum atomic E-state index is 13.6.